The molecular formula is C18H18N2O3. The van der Waals surface area contributed by atoms with Crippen LogP contribution >= 0.6 is 0 Å². The molecule has 2 aromatic carbocycles. The number of hydrogen-bond acceptors (Lipinski definition) is 3. The van der Waals surface area contributed by atoms with E-state index in [1.54, 1.807) is 0 Å². The molecule has 0 fully saturated rings. The number of para-hydroxylation sites is 1. The highest BCUT2D eigenvalue weighted by Gasteiger charge is 2.25. The number of benzene rings is 2. The Morgan fingerprint density at radius 2 is 1.87 bits per heavy atom. The zero-order chi connectivity index (χ0) is 16.1. The number of alkyl carbamates (subject to hydrolysis) is 1. The molecule has 1 atom stereocenters. The van der Waals surface area contributed by atoms with Crippen LogP contribution in [-0.2, 0) is 22.6 Å². The minimum absolute atomic E-state index is 0.182. The summed E-state index contributed by atoms with van der Waals surface area (Å²) in [6.45, 7) is 0.182. The van der Waals surface area contributed by atoms with Gasteiger partial charge in [-0.2, -0.15) is 0 Å². The number of rotatable bonds is 3. The first-order valence-corrected chi connectivity index (χ1v) is 7.58. The summed E-state index contributed by atoms with van der Waals surface area (Å²) in [4.78, 5) is 24.1. The molecule has 2 N–H and O–H groups in total. The molecule has 5 heteroatoms. The number of anilines is 1. The largest absolute Gasteiger partial charge is 0.445 e. The fourth-order valence-electron chi connectivity index (χ4n) is 2.56. The number of nitrogens with one attached hydrogen (secondary N) is 2. The summed E-state index contributed by atoms with van der Waals surface area (Å²) < 4.78 is 5.17. The molecule has 118 valence electrons. The Kier molecular flexibility index (Phi) is 4.57. The maximum Gasteiger partial charge on any atom is 0.408 e. The monoisotopic (exact) mass is 310 g/mol. The van der Waals surface area contributed by atoms with Crippen molar-refractivity contribution in [3.8, 4) is 0 Å². The van der Waals surface area contributed by atoms with E-state index in [-0.39, 0.29) is 12.5 Å². The summed E-state index contributed by atoms with van der Waals surface area (Å²) in [7, 11) is 0. The van der Waals surface area contributed by atoms with E-state index >= 15 is 0 Å². The van der Waals surface area contributed by atoms with E-state index in [9.17, 15) is 9.59 Å². The first kappa shape index (κ1) is 15.1. The molecule has 2 aromatic rings. The number of carbonyl (C=O) groups excluding carboxylic acids is 2. The van der Waals surface area contributed by atoms with Crippen molar-refractivity contribution in [1.29, 1.82) is 0 Å². The van der Waals surface area contributed by atoms with Gasteiger partial charge in [0.15, 0.2) is 0 Å². The quantitative estimate of drug-likeness (QED) is 0.916. The molecule has 0 spiro atoms. The zero-order valence-electron chi connectivity index (χ0n) is 12.6. The van der Waals surface area contributed by atoms with Gasteiger partial charge >= 0.3 is 6.09 Å². The van der Waals surface area contributed by atoms with E-state index in [1.807, 2.05) is 54.6 Å². The Balaban J connectivity index is 1.56. The van der Waals surface area contributed by atoms with Crippen LogP contribution in [0.15, 0.2) is 54.6 Å². The summed E-state index contributed by atoms with van der Waals surface area (Å²) in [6, 6.07) is 16.5. The average molecular weight is 310 g/mol. The van der Waals surface area contributed by atoms with E-state index in [1.165, 1.54) is 0 Å². The van der Waals surface area contributed by atoms with Crippen molar-refractivity contribution in [2.24, 2.45) is 0 Å². The number of aryl methyl sites for hydroxylation is 1. The first-order chi connectivity index (χ1) is 11.2. The second-order valence-corrected chi connectivity index (χ2v) is 5.44. The van der Waals surface area contributed by atoms with Crippen LogP contribution in [0.5, 0.6) is 0 Å². The van der Waals surface area contributed by atoms with Crippen molar-refractivity contribution in [3.63, 3.8) is 0 Å². The van der Waals surface area contributed by atoms with Crippen molar-refractivity contribution < 1.29 is 14.3 Å². The Morgan fingerprint density at radius 1 is 1.13 bits per heavy atom. The average Bonchev–Trinajstić information content (AvgIpc) is 2.73. The van der Waals surface area contributed by atoms with Crippen molar-refractivity contribution in [2.75, 3.05) is 5.32 Å². The molecular weight excluding hydrogens is 292 g/mol. The second kappa shape index (κ2) is 6.96. The van der Waals surface area contributed by atoms with Crippen LogP contribution in [0.3, 0.4) is 0 Å². The fraction of sp³-hybridized carbons (Fsp3) is 0.222. The van der Waals surface area contributed by atoms with Crippen LogP contribution in [0, 0.1) is 0 Å². The number of amides is 2. The van der Waals surface area contributed by atoms with Crippen molar-refractivity contribution >= 4 is 17.7 Å². The van der Waals surface area contributed by atoms with Crippen LogP contribution < -0.4 is 10.6 Å². The number of hydrogen-bond donors (Lipinski definition) is 2. The highest BCUT2D eigenvalue weighted by atomic mass is 16.5. The van der Waals surface area contributed by atoms with Gasteiger partial charge in [0.1, 0.15) is 12.6 Å². The van der Waals surface area contributed by atoms with E-state index in [0.717, 1.165) is 23.2 Å². The Morgan fingerprint density at radius 3 is 2.70 bits per heavy atom. The molecule has 0 saturated heterocycles. The molecule has 5 nitrogen and oxygen atoms in total. The van der Waals surface area contributed by atoms with E-state index in [0.29, 0.717) is 6.42 Å². The van der Waals surface area contributed by atoms with Gasteiger partial charge in [0, 0.05) is 5.69 Å². The van der Waals surface area contributed by atoms with Crippen LogP contribution in [-0.4, -0.2) is 18.0 Å². The van der Waals surface area contributed by atoms with Gasteiger partial charge in [0.05, 0.1) is 0 Å². The third kappa shape index (κ3) is 3.88. The van der Waals surface area contributed by atoms with Crippen molar-refractivity contribution in [2.45, 2.75) is 25.5 Å². The topological polar surface area (TPSA) is 67.4 Å². The number of carbonyl (C=O) groups is 2. The molecule has 1 heterocycles. The SMILES string of the molecule is O=C(N[C@H]1CCc2ccccc2NC1=O)OCc1ccccc1. The Hall–Kier alpha value is -2.82. The molecule has 0 unspecified atom stereocenters. The third-order valence-electron chi connectivity index (χ3n) is 3.80. The lowest BCUT2D eigenvalue weighted by Crippen LogP contribution is -2.43. The molecule has 2 amide bonds. The normalized spacial score (nSPS) is 16.7. The lowest BCUT2D eigenvalue weighted by Gasteiger charge is -2.15. The van der Waals surface area contributed by atoms with Crippen LogP contribution in [0.1, 0.15) is 17.5 Å². The lowest BCUT2D eigenvalue weighted by atomic mass is 10.1. The first-order valence-electron chi connectivity index (χ1n) is 7.58. The lowest BCUT2D eigenvalue weighted by molar-refractivity contribution is -0.118. The number of ether oxygens (including phenoxy) is 1. The molecule has 1 aliphatic heterocycles. The third-order valence-corrected chi connectivity index (χ3v) is 3.80. The van der Waals surface area contributed by atoms with Crippen LogP contribution in [0.25, 0.3) is 0 Å². The molecule has 3 rings (SSSR count). The van der Waals surface area contributed by atoms with Gasteiger partial charge in [0.25, 0.3) is 0 Å². The Bertz CT molecular complexity index is 700. The molecule has 1 aliphatic rings. The maximum absolute atomic E-state index is 12.2. The van der Waals surface area contributed by atoms with E-state index < -0.39 is 12.1 Å². The molecule has 0 aliphatic carbocycles. The smallest absolute Gasteiger partial charge is 0.408 e. The van der Waals surface area contributed by atoms with Gasteiger partial charge in [-0.05, 0) is 30.0 Å². The summed E-state index contributed by atoms with van der Waals surface area (Å²) in [5, 5.41) is 5.48. The minimum Gasteiger partial charge on any atom is -0.445 e. The standard InChI is InChI=1S/C18H18N2O3/c21-17-16(11-10-14-8-4-5-9-15(14)19-17)20-18(22)23-12-13-6-2-1-3-7-13/h1-9,16H,10-12H2,(H,19,21)(H,20,22)/t16-/m0/s1. The molecule has 0 bridgehead atoms. The van der Waals surface area contributed by atoms with Gasteiger partial charge in [-0.15, -0.1) is 0 Å². The van der Waals surface area contributed by atoms with Crippen LogP contribution in [0.2, 0.25) is 0 Å². The molecule has 0 saturated carbocycles. The predicted molar refractivity (Wildman–Crippen MR) is 86.9 cm³/mol. The van der Waals surface area contributed by atoms with Crippen molar-refractivity contribution in [1.82, 2.24) is 5.32 Å². The van der Waals surface area contributed by atoms with Gasteiger partial charge in [-0.3, -0.25) is 4.79 Å². The summed E-state index contributed by atoms with van der Waals surface area (Å²) in [5.74, 6) is -0.216. The summed E-state index contributed by atoms with van der Waals surface area (Å²) in [5.41, 5.74) is 2.78. The van der Waals surface area contributed by atoms with Crippen molar-refractivity contribution in [3.05, 3.63) is 65.7 Å². The maximum atomic E-state index is 12.2. The van der Waals surface area contributed by atoms with E-state index in [4.69, 9.17) is 4.74 Å². The van der Waals surface area contributed by atoms with Crippen LogP contribution in [0.4, 0.5) is 10.5 Å². The fourth-order valence-corrected chi connectivity index (χ4v) is 2.56. The molecule has 0 aromatic heterocycles. The second-order valence-electron chi connectivity index (χ2n) is 5.44. The van der Waals surface area contributed by atoms with Gasteiger partial charge in [-0.1, -0.05) is 48.5 Å². The van der Waals surface area contributed by atoms with E-state index in [2.05, 4.69) is 10.6 Å². The Labute approximate surface area is 134 Å². The highest BCUT2D eigenvalue weighted by Crippen LogP contribution is 2.21. The predicted octanol–water partition coefficient (Wildman–Crippen LogP) is 2.87. The van der Waals surface area contributed by atoms with Gasteiger partial charge < -0.3 is 15.4 Å². The summed E-state index contributed by atoms with van der Waals surface area (Å²) in [6.07, 6.45) is 0.682. The highest BCUT2D eigenvalue weighted by molar-refractivity contribution is 5.97. The summed E-state index contributed by atoms with van der Waals surface area (Å²) >= 11 is 0. The van der Waals surface area contributed by atoms with Gasteiger partial charge in [0.2, 0.25) is 5.91 Å². The zero-order valence-corrected chi connectivity index (χ0v) is 12.6. The molecule has 23 heavy (non-hydrogen) atoms. The number of fused-ring (bicyclic) bond motifs is 1. The molecule has 0 radical (unpaired) electrons. The van der Waals surface area contributed by atoms with Gasteiger partial charge in [-0.25, -0.2) is 4.79 Å². The minimum atomic E-state index is -0.592.